The SMILES string of the molecule is Cc1cc(-c2ncn(C=CC(=O)N3CC(F)(F)C3)n2)cc(C(F)(F)F)c1C. The predicted octanol–water partition coefficient (Wildman–Crippen LogP) is 3.53. The van der Waals surface area contributed by atoms with Crippen molar-refractivity contribution in [2.75, 3.05) is 13.1 Å². The van der Waals surface area contributed by atoms with Crippen molar-refractivity contribution in [3.63, 3.8) is 0 Å². The van der Waals surface area contributed by atoms with E-state index >= 15 is 0 Å². The highest BCUT2D eigenvalue weighted by molar-refractivity contribution is 5.90. The second-order valence-electron chi connectivity index (χ2n) is 6.38. The standard InChI is InChI=1S/C17H15F5N4O/c1-10-5-12(6-13(11(10)2)17(20,21)22)15-23-9-26(24-15)4-3-14(27)25-7-16(18,19)8-25/h3-6,9H,7-8H2,1-2H3. The van der Waals surface area contributed by atoms with Crippen molar-refractivity contribution in [1.29, 1.82) is 0 Å². The fourth-order valence-corrected chi connectivity index (χ4v) is 2.68. The normalized spacial score (nSPS) is 16.6. The molecule has 1 aliphatic rings. The molecule has 3 rings (SSSR count). The smallest absolute Gasteiger partial charge is 0.327 e. The highest BCUT2D eigenvalue weighted by atomic mass is 19.4. The fraction of sp³-hybridized carbons (Fsp3) is 0.353. The summed E-state index contributed by atoms with van der Waals surface area (Å²) in [5.74, 6) is -3.41. The first-order chi connectivity index (χ1) is 12.5. The van der Waals surface area contributed by atoms with Gasteiger partial charge in [0.15, 0.2) is 5.82 Å². The van der Waals surface area contributed by atoms with E-state index in [2.05, 4.69) is 10.1 Å². The second-order valence-corrected chi connectivity index (χ2v) is 6.38. The molecule has 0 atom stereocenters. The van der Waals surface area contributed by atoms with E-state index in [0.29, 0.717) is 5.56 Å². The van der Waals surface area contributed by atoms with E-state index in [0.717, 1.165) is 21.7 Å². The molecule has 1 amide bonds. The monoisotopic (exact) mass is 386 g/mol. The van der Waals surface area contributed by atoms with E-state index in [1.807, 2.05) is 0 Å². The van der Waals surface area contributed by atoms with Crippen LogP contribution in [0.3, 0.4) is 0 Å². The molecule has 0 saturated carbocycles. The summed E-state index contributed by atoms with van der Waals surface area (Å²) in [5.41, 5.74) is -0.00676. The topological polar surface area (TPSA) is 51.0 Å². The van der Waals surface area contributed by atoms with E-state index in [4.69, 9.17) is 0 Å². The molecule has 144 valence electrons. The number of hydrogen-bond donors (Lipinski definition) is 0. The van der Waals surface area contributed by atoms with Crippen LogP contribution in [0.1, 0.15) is 16.7 Å². The van der Waals surface area contributed by atoms with E-state index in [1.165, 1.54) is 19.5 Å². The van der Waals surface area contributed by atoms with E-state index < -0.39 is 36.7 Å². The minimum absolute atomic E-state index is 0.0520. The number of benzene rings is 1. The van der Waals surface area contributed by atoms with Crippen LogP contribution < -0.4 is 0 Å². The number of rotatable bonds is 3. The van der Waals surface area contributed by atoms with Crippen molar-refractivity contribution >= 4 is 12.1 Å². The fourth-order valence-electron chi connectivity index (χ4n) is 2.68. The summed E-state index contributed by atoms with van der Waals surface area (Å²) in [6, 6.07) is 2.51. The van der Waals surface area contributed by atoms with Crippen molar-refractivity contribution in [3.8, 4) is 11.4 Å². The highest BCUT2D eigenvalue weighted by Gasteiger charge is 2.45. The Bertz CT molecular complexity index is 909. The Kier molecular flexibility index (Phi) is 4.52. The molecule has 0 aliphatic carbocycles. The van der Waals surface area contributed by atoms with Gasteiger partial charge in [0.05, 0.1) is 18.7 Å². The number of amides is 1. The molecule has 2 heterocycles. The first-order valence-electron chi connectivity index (χ1n) is 7.91. The largest absolute Gasteiger partial charge is 0.416 e. The average Bonchev–Trinajstić information content (AvgIpc) is 3.00. The van der Waals surface area contributed by atoms with Gasteiger partial charge in [0.2, 0.25) is 5.91 Å². The van der Waals surface area contributed by atoms with Crippen molar-refractivity contribution in [1.82, 2.24) is 19.7 Å². The van der Waals surface area contributed by atoms with Gasteiger partial charge in [0.1, 0.15) is 6.33 Å². The van der Waals surface area contributed by atoms with Crippen LogP contribution >= 0.6 is 0 Å². The zero-order valence-electron chi connectivity index (χ0n) is 14.4. The molecule has 10 heteroatoms. The zero-order valence-corrected chi connectivity index (χ0v) is 14.4. The van der Waals surface area contributed by atoms with Gasteiger partial charge >= 0.3 is 6.18 Å². The molecule has 0 unspecified atom stereocenters. The predicted molar refractivity (Wildman–Crippen MR) is 86.8 cm³/mol. The summed E-state index contributed by atoms with van der Waals surface area (Å²) in [6.07, 6.45) is -1.03. The maximum atomic E-state index is 13.2. The van der Waals surface area contributed by atoms with Gasteiger partial charge in [-0.3, -0.25) is 4.79 Å². The maximum absolute atomic E-state index is 13.2. The number of aromatic nitrogens is 3. The molecule has 0 bridgehead atoms. The number of hydrogen-bond acceptors (Lipinski definition) is 3. The molecular weight excluding hydrogens is 371 g/mol. The van der Waals surface area contributed by atoms with Crippen molar-refractivity contribution in [2.24, 2.45) is 0 Å². The average molecular weight is 386 g/mol. The van der Waals surface area contributed by atoms with Gasteiger partial charge in [-0.2, -0.15) is 13.2 Å². The van der Waals surface area contributed by atoms with Crippen molar-refractivity contribution in [3.05, 3.63) is 41.2 Å². The number of halogens is 5. The van der Waals surface area contributed by atoms with E-state index in [-0.39, 0.29) is 17.0 Å². The van der Waals surface area contributed by atoms with Gasteiger partial charge in [-0.1, -0.05) is 0 Å². The van der Waals surface area contributed by atoms with Gasteiger partial charge in [-0.05, 0) is 37.1 Å². The number of likely N-dealkylation sites (tertiary alicyclic amines) is 1. The first kappa shape index (κ1) is 19.0. The highest BCUT2D eigenvalue weighted by Crippen LogP contribution is 2.35. The molecule has 1 saturated heterocycles. The lowest BCUT2D eigenvalue weighted by atomic mass is 9.99. The summed E-state index contributed by atoms with van der Waals surface area (Å²) >= 11 is 0. The number of alkyl halides is 5. The third-order valence-electron chi connectivity index (χ3n) is 4.27. The van der Waals surface area contributed by atoms with Crippen LogP contribution in [0.25, 0.3) is 17.6 Å². The number of nitrogens with zero attached hydrogens (tertiary/aromatic N) is 4. The second kappa shape index (κ2) is 6.43. The molecule has 27 heavy (non-hydrogen) atoms. The Morgan fingerprint density at radius 2 is 1.89 bits per heavy atom. The number of carbonyl (C=O) groups is 1. The van der Waals surface area contributed by atoms with E-state index in [9.17, 15) is 26.7 Å². The zero-order chi connectivity index (χ0) is 20.0. The van der Waals surface area contributed by atoms with Crippen LogP contribution in [-0.2, 0) is 11.0 Å². The van der Waals surface area contributed by atoms with Gasteiger partial charge < -0.3 is 4.90 Å². The molecule has 0 radical (unpaired) electrons. The lowest BCUT2D eigenvalue weighted by Gasteiger charge is -2.37. The van der Waals surface area contributed by atoms with Crippen LogP contribution in [0, 0.1) is 13.8 Å². The minimum Gasteiger partial charge on any atom is -0.327 e. The summed E-state index contributed by atoms with van der Waals surface area (Å²) in [5, 5.41) is 4.01. The van der Waals surface area contributed by atoms with Gasteiger partial charge in [-0.25, -0.2) is 18.4 Å². The molecule has 2 aromatic rings. The van der Waals surface area contributed by atoms with Crippen LogP contribution in [0.5, 0.6) is 0 Å². The van der Waals surface area contributed by atoms with Gasteiger partial charge in [0.25, 0.3) is 5.92 Å². The van der Waals surface area contributed by atoms with Gasteiger partial charge in [0, 0.05) is 17.8 Å². The third-order valence-corrected chi connectivity index (χ3v) is 4.27. The maximum Gasteiger partial charge on any atom is 0.416 e. The molecule has 0 N–H and O–H groups in total. The summed E-state index contributed by atoms with van der Waals surface area (Å²) in [6.45, 7) is 1.68. The third kappa shape index (κ3) is 3.99. The number of carbonyl (C=O) groups excluding carboxylic acids is 1. The molecule has 0 spiro atoms. The minimum atomic E-state index is -4.50. The van der Waals surface area contributed by atoms with Crippen molar-refractivity contribution in [2.45, 2.75) is 25.9 Å². The summed E-state index contributed by atoms with van der Waals surface area (Å²) in [7, 11) is 0. The Labute approximate surface area is 151 Å². The Balaban J connectivity index is 1.79. The Morgan fingerprint density at radius 1 is 1.22 bits per heavy atom. The van der Waals surface area contributed by atoms with Crippen LogP contribution in [0.4, 0.5) is 22.0 Å². The molecule has 1 aromatic heterocycles. The molecule has 1 aromatic carbocycles. The summed E-state index contributed by atoms with van der Waals surface area (Å²) in [4.78, 5) is 16.6. The van der Waals surface area contributed by atoms with Crippen LogP contribution in [0.2, 0.25) is 0 Å². The summed E-state index contributed by atoms with van der Waals surface area (Å²) < 4.78 is 66.1. The van der Waals surface area contributed by atoms with Crippen LogP contribution in [-0.4, -0.2) is 44.6 Å². The van der Waals surface area contributed by atoms with Crippen LogP contribution in [0.15, 0.2) is 24.5 Å². The Hall–Kier alpha value is -2.78. The Morgan fingerprint density at radius 3 is 2.48 bits per heavy atom. The van der Waals surface area contributed by atoms with E-state index in [1.54, 1.807) is 13.0 Å². The van der Waals surface area contributed by atoms with Crippen molar-refractivity contribution < 1.29 is 26.7 Å². The lowest BCUT2D eigenvalue weighted by molar-refractivity contribution is -0.160. The molecular formula is C17H15F5N4O. The number of aryl methyl sites for hydroxylation is 1. The molecule has 5 nitrogen and oxygen atoms in total. The quantitative estimate of drug-likeness (QED) is 0.599. The lowest BCUT2D eigenvalue weighted by Crippen LogP contribution is -2.58. The first-order valence-corrected chi connectivity index (χ1v) is 7.91. The molecule has 1 fully saturated rings. The molecule has 1 aliphatic heterocycles. The van der Waals surface area contributed by atoms with Gasteiger partial charge in [-0.15, -0.1) is 5.10 Å².